The van der Waals surface area contributed by atoms with Gasteiger partial charge in [-0.25, -0.2) is 0 Å². The number of rotatable bonds is 5. The highest BCUT2D eigenvalue weighted by Crippen LogP contribution is 2.29. The third kappa shape index (κ3) is 3.35. The van der Waals surface area contributed by atoms with E-state index < -0.39 is 11.2 Å². The number of aryl methyl sites for hydroxylation is 1. The van der Waals surface area contributed by atoms with Crippen molar-refractivity contribution < 1.29 is 19.1 Å². The molecule has 0 saturated heterocycles. The van der Waals surface area contributed by atoms with Crippen molar-refractivity contribution in [2.24, 2.45) is 7.05 Å². The van der Waals surface area contributed by atoms with Crippen molar-refractivity contribution in [1.29, 1.82) is 0 Å². The van der Waals surface area contributed by atoms with Crippen LogP contribution in [0.2, 0.25) is 0 Å². The van der Waals surface area contributed by atoms with Crippen LogP contribution in [0, 0.1) is 0 Å². The van der Waals surface area contributed by atoms with Gasteiger partial charge in [-0.2, -0.15) is 0 Å². The average molecular weight is 343 g/mol. The van der Waals surface area contributed by atoms with Gasteiger partial charge in [-0.15, -0.1) is 0 Å². The van der Waals surface area contributed by atoms with Gasteiger partial charge in [0.15, 0.2) is 13.0 Å². The molecule has 2 aromatic carbocycles. The Labute approximate surface area is 143 Å². The second kappa shape index (κ2) is 6.92. The smallest absolute Gasteiger partial charge is 0.291 e. The van der Waals surface area contributed by atoms with Gasteiger partial charge in [0.1, 0.15) is 0 Å². The SMILES string of the molecule is CCC(Sc1c([O-])on[n+]1C)C(=O)Nc1ccc2ccccc2c1. The molecular formula is C17H17N3O3S. The molecule has 1 unspecified atom stereocenters. The number of nitrogens with one attached hydrogen (secondary N) is 1. The van der Waals surface area contributed by atoms with Crippen LogP contribution in [0.4, 0.5) is 5.69 Å². The Morgan fingerprint density at radius 3 is 2.75 bits per heavy atom. The third-order valence-electron chi connectivity index (χ3n) is 3.65. The van der Waals surface area contributed by atoms with Crippen molar-refractivity contribution in [2.75, 3.05) is 5.32 Å². The second-order valence-corrected chi connectivity index (χ2v) is 6.55. The van der Waals surface area contributed by atoms with Crippen molar-refractivity contribution in [3.05, 3.63) is 42.5 Å². The summed E-state index contributed by atoms with van der Waals surface area (Å²) in [6.07, 6.45) is 0.578. The zero-order chi connectivity index (χ0) is 17.1. The Kier molecular flexibility index (Phi) is 4.71. The van der Waals surface area contributed by atoms with Gasteiger partial charge in [0.2, 0.25) is 5.91 Å². The van der Waals surface area contributed by atoms with Crippen LogP contribution in [0.15, 0.2) is 52.0 Å². The van der Waals surface area contributed by atoms with Crippen LogP contribution in [0.25, 0.3) is 10.8 Å². The van der Waals surface area contributed by atoms with Crippen molar-refractivity contribution in [3.8, 4) is 5.95 Å². The minimum atomic E-state index is -0.528. The Morgan fingerprint density at radius 2 is 2.08 bits per heavy atom. The van der Waals surface area contributed by atoms with Crippen molar-refractivity contribution >= 4 is 34.1 Å². The number of anilines is 1. The Hall–Kier alpha value is -2.54. The normalized spacial score (nSPS) is 12.2. The van der Waals surface area contributed by atoms with Crippen LogP contribution >= 0.6 is 11.8 Å². The number of thioether (sulfide) groups is 1. The van der Waals surface area contributed by atoms with E-state index >= 15 is 0 Å². The zero-order valence-corrected chi connectivity index (χ0v) is 14.2. The van der Waals surface area contributed by atoms with E-state index in [9.17, 15) is 9.90 Å². The van der Waals surface area contributed by atoms with E-state index in [2.05, 4.69) is 15.1 Å². The lowest BCUT2D eigenvalue weighted by atomic mass is 10.1. The first-order chi connectivity index (χ1) is 11.6. The predicted octanol–water partition coefficient (Wildman–Crippen LogP) is 2.24. The fraction of sp³-hybridized carbons (Fsp3) is 0.235. The summed E-state index contributed by atoms with van der Waals surface area (Å²) in [6.45, 7) is 1.90. The second-order valence-electron chi connectivity index (χ2n) is 5.36. The summed E-state index contributed by atoms with van der Waals surface area (Å²) in [6, 6.07) is 13.7. The molecule has 0 spiro atoms. The first-order valence-corrected chi connectivity index (χ1v) is 8.45. The quantitative estimate of drug-likeness (QED) is 0.567. The highest BCUT2D eigenvalue weighted by Gasteiger charge is 2.25. The van der Waals surface area contributed by atoms with E-state index in [1.807, 2.05) is 49.4 Å². The molecule has 124 valence electrons. The first-order valence-electron chi connectivity index (χ1n) is 7.58. The Morgan fingerprint density at radius 1 is 1.33 bits per heavy atom. The topological polar surface area (TPSA) is 82.1 Å². The molecule has 1 heterocycles. The maximum atomic E-state index is 12.5. The molecule has 6 nitrogen and oxygen atoms in total. The molecule has 0 aliphatic carbocycles. The number of hydrogen-bond acceptors (Lipinski definition) is 5. The molecule has 0 aliphatic heterocycles. The average Bonchev–Trinajstić information content (AvgIpc) is 2.90. The highest BCUT2D eigenvalue weighted by molar-refractivity contribution is 8.00. The van der Waals surface area contributed by atoms with Crippen molar-refractivity contribution in [3.63, 3.8) is 0 Å². The summed E-state index contributed by atoms with van der Waals surface area (Å²) in [7, 11) is 1.61. The molecule has 3 aromatic rings. The summed E-state index contributed by atoms with van der Waals surface area (Å²) in [5.74, 6) is -0.683. The van der Waals surface area contributed by atoms with E-state index in [1.165, 1.54) is 4.68 Å². The van der Waals surface area contributed by atoms with E-state index in [0.717, 1.165) is 28.2 Å². The summed E-state index contributed by atoms with van der Waals surface area (Å²) in [5, 5.41) is 20.2. The molecule has 0 fully saturated rings. The minimum Gasteiger partial charge on any atom is -0.538 e. The predicted molar refractivity (Wildman–Crippen MR) is 89.6 cm³/mol. The van der Waals surface area contributed by atoms with Crippen molar-refractivity contribution in [1.82, 2.24) is 5.27 Å². The highest BCUT2D eigenvalue weighted by atomic mass is 32.2. The molecule has 1 aromatic heterocycles. The molecule has 3 rings (SSSR count). The third-order valence-corrected chi connectivity index (χ3v) is 5.13. The monoisotopic (exact) mass is 343 g/mol. The summed E-state index contributed by atoms with van der Waals surface area (Å²) >= 11 is 1.16. The molecule has 1 N–H and O–H groups in total. The van der Waals surface area contributed by atoms with Crippen LogP contribution < -0.4 is 15.1 Å². The van der Waals surface area contributed by atoms with Gasteiger partial charge in [0.05, 0.1) is 10.5 Å². The van der Waals surface area contributed by atoms with Crippen LogP contribution in [-0.2, 0) is 11.8 Å². The minimum absolute atomic E-state index is 0.154. The standard InChI is InChI=1S/C17H17N3O3S/c1-3-14(24-16-17(22)23-19-20(16)2)15(21)18-13-9-8-11-6-4-5-7-12(11)10-13/h4-10,14H,3H2,1-2H3,(H-,18,19,21,22). The van der Waals surface area contributed by atoms with E-state index in [0.29, 0.717) is 11.4 Å². The lowest BCUT2D eigenvalue weighted by molar-refractivity contribution is -0.772. The number of hydrogen-bond donors (Lipinski definition) is 1. The molecule has 24 heavy (non-hydrogen) atoms. The summed E-state index contributed by atoms with van der Waals surface area (Å²) < 4.78 is 5.94. The van der Waals surface area contributed by atoms with Crippen LogP contribution in [0.1, 0.15) is 13.3 Å². The molecule has 1 atom stereocenters. The van der Waals surface area contributed by atoms with Crippen molar-refractivity contribution in [2.45, 2.75) is 23.6 Å². The number of fused-ring (bicyclic) bond motifs is 1. The van der Waals surface area contributed by atoms with Gasteiger partial charge in [-0.05, 0) is 41.1 Å². The molecule has 0 bridgehead atoms. The van der Waals surface area contributed by atoms with Gasteiger partial charge in [-0.3, -0.25) is 4.79 Å². The first kappa shape index (κ1) is 16.3. The molecule has 0 saturated carbocycles. The molecule has 0 radical (unpaired) electrons. The number of aromatic nitrogens is 2. The molecule has 0 aliphatic rings. The maximum absolute atomic E-state index is 12.5. The molecule has 7 heteroatoms. The number of amides is 1. The maximum Gasteiger partial charge on any atom is 0.291 e. The lowest BCUT2D eigenvalue weighted by Gasteiger charge is -2.13. The molecular weight excluding hydrogens is 326 g/mol. The number of benzene rings is 2. The fourth-order valence-corrected chi connectivity index (χ4v) is 3.30. The fourth-order valence-electron chi connectivity index (χ4n) is 2.38. The Balaban J connectivity index is 1.76. The van der Waals surface area contributed by atoms with Gasteiger partial charge in [0.25, 0.3) is 5.03 Å². The van der Waals surface area contributed by atoms with E-state index in [1.54, 1.807) is 7.05 Å². The zero-order valence-electron chi connectivity index (χ0n) is 13.4. The van der Waals surface area contributed by atoms with Crippen LogP contribution in [0.3, 0.4) is 0 Å². The Bertz CT molecular complexity index is 859. The van der Waals surface area contributed by atoms with Crippen LogP contribution in [-0.4, -0.2) is 16.4 Å². The largest absolute Gasteiger partial charge is 0.538 e. The van der Waals surface area contributed by atoms with Gasteiger partial charge < -0.3 is 14.9 Å². The van der Waals surface area contributed by atoms with E-state index in [4.69, 9.17) is 0 Å². The molecule has 1 amide bonds. The summed E-state index contributed by atoms with van der Waals surface area (Å²) in [4.78, 5) is 12.5. The van der Waals surface area contributed by atoms with Gasteiger partial charge in [0, 0.05) is 5.69 Å². The summed E-state index contributed by atoms with van der Waals surface area (Å²) in [5.41, 5.74) is 0.731. The number of carbonyl (C=O) groups is 1. The van der Waals surface area contributed by atoms with Gasteiger partial charge >= 0.3 is 0 Å². The lowest BCUT2D eigenvalue weighted by Crippen LogP contribution is -2.34. The van der Waals surface area contributed by atoms with E-state index in [-0.39, 0.29) is 5.91 Å². The van der Waals surface area contributed by atoms with Gasteiger partial charge in [-0.1, -0.05) is 41.9 Å². The number of nitrogens with zero attached hydrogens (tertiary/aromatic N) is 2. The number of carbonyl (C=O) groups excluding carboxylic acids is 1. The van der Waals surface area contributed by atoms with Crippen LogP contribution in [0.5, 0.6) is 5.95 Å².